The van der Waals surface area contributed by atoms with Crippen molar-refractivity contribution >= 4 is 18.3 Å². The van der Waals surface area contributed by atoms with Gasteiger partial charge in [0.15, 0.2) is 0 Å². The molecule has 2 fully saturated rings. The highest BCUT2D eigenvalue weighted by Crippen LogP contribution is 2.28. The van der Waals surface area contributed by atoms with Crippen molar-refractivity contribution in [2.45, 2.75) is 57.3 Å². The maximum Gasteiger partial charge on any atom is 0.225 e. The number of ether oxygens (including phenoxy) is 2. The maximum atomic E-state index is 12.8. The summed E-state index contributed by atoms with van der Waals surface area (Å²) in [5.74, 6) is 1.23. The Kier molecular flexibility index (Phi) is 7.74. The van der Waals surface area contributed by atoms with Crippen LogP contribution in [0.15, 0.2) is 24.3 Å². The lowest BCUT2D eigenvalue weighted by Gasteiger charge is -2.38. The molecule has 1 aromatic rings. The number of methoxy groups -OCH3 is 1. The number of likely N-dealkylation sites (tertiary alicyclic amines) is 1. The van der Waals surface area contributed by atoms with Gasteiger partial charge < -0.3 is 20.1 Å². The molecule has 1 aliphatic heterocycles. The van der Waals surface area contributed by atoms with E-state index in [4.69, 9.17) is 15.2 Å². The lowest BCUT2D eigenvalue weighted by molar-refractivity contribution is -0.139. The molecule has 1 aromatic carbocycles. The Morgan fingerprint density at radius 3 is 2.35 bits per heavy atom. The quantitative estimate of drug-likeness (QED) is 0.869. The monoisotopic (exact) mass is 382 g/mol. The Hall–Kier alpha value is -1.30. The number of amides is 1. The van der Waals surface area contributed by atoms with Crippen molar-refractivity contribution < 1.29 is 14.3 Å². The second-order valence-corrected chi connectivity index (χ2v) is 7.40. The smallest absolute Gasteiger partial charge is 0.225 e. The average molecular weight is 383 g/mol. The minimum atomic E-state index is -0.0323. The van der Waals surface area contributed by atoms with E-state index in [1.165, 1.54) is 5.56 Å². The lowest BCUT2D eigenvalue weighted by Crippen LogP contribution is -2.49. The van der Waals surface area contributed by atoms with Gasteiger partial charge in [-0.25, -0.2) is 0 Å². The number of hydrogen-bond acceptors (Lipinski definition) is 4. The number of nitrogens with two attached hydrogens (primary N) is 1. The van der Waals surface area contributed by atoms with Crippen LogP contribution in [0.4, 0.5) is 0 Å². The van der Waals surface area contributed by atoms with Gasteiger partial charge in [0, 0.05) is 45.0 Å². The summed E-state index contributed by atoms with van der Waals surface area (Å²) in [7, 11) is 1.70. The van der Waals surface area contributed by atoms with Crippen LogP contribution in [-0.2, 0) is 9.53 Å². The summed E-state index contributed by atoms with van der Waals surface area (Å²) >= 11 is 0. The van der Waals surface area contributed by atoms with E-state index in [2.05, 4.69) is 19.1 Å². The van der Waals surface area contributed by atoms with E-state index in [9.17, 15) is 4.79 Å². The van der Waals surface area contributed by atoms with Gasteiger partial charge in [0.05, 0.1) is 6.10 Å². The molecular weight excluding hydrogens is 352 g/mol. The van der Waals surface area contributed by atoms with Gasteiger partial charge in [-0.1, -0.05) is 17.7 Å². The zero-order valence-corrected chi connectivity index (χ0v) is 16.5. The number of aryl methyl sites for hydroxylation is 1. The van der Waals surface area contributed by atoms with Crippen LogP contribution in [0.3, 0.4) is 0 Å². The molecule has 146 valence electrons. The number of benzene rings is 1. The van der Waals surface area contributed by atoms with Crippen molar-refractivity contribution in [2.75, 3.05) is 20.2 Å². The minimum Gasteiger partial charge on any atom is -0.490 e. The Labute approximate surface area is 162 Å². The summed E-state index contributed by atoms with van der Waals surface area (Å²) in [5.41, 5.74) is 7.38. The predicted octanol–water partition coefficient (Wildman–Crippen LogP) is 2.93. The molecule has 1 saturated carbocycles. The van der Waals surface area contributed by atoms with Crippen LogP contribution in [0.1, 0.15) is 37.7 Å². The lowest BCUT2D eigenvalue weighted by atomic mass is 9.83. The molecule has 0 aromatic heterocycles. The SMILES string of the molecule is CO[C@@H]1CC[C@H](C(=O)N2CCC(Oc3ccc(C)cc3)CC2)C[C@H]1N.Cl. The zero-order valence-electron chi connectivity index (χ0n) is 15.7. The number of nitrogens with zero attached hydrogens (tertiary/aromatic N) is 1. The first-order valence-electron chi connectivity index (χ1n) is 9.37. The highest BCUT2D eigenvalue weighted by atomic mass is 35.5. The molecule has 3 atom stereocenters. The van der Waals surface area contributed by atoms with Gasteiger partial charge in [0.2, 0.25) is 5.91 Å². The number of hydrogen-bond donors (Lipinski definition) is 1. The van der Waals surface area contributed by atoms with Gasteiger partial charge in [-0.05, 0) is 38.3 Å². The first-order chi connectivity index (χ1) is 12.1. The van der Waals surface area contributed by atoms with Crippen molar-refractivity contribution in [1.82, 2.24) is 4.90 Å². The summed E-state index contributed by atoms with van der Waals surface area (Å²) in [6.07, 6.45) is 4.55. The van der Waals surface area contributed by atoms with Crippen molar-refractivity contribution in [3.05, 3.63) is 29.8 Å². The molecular formula is C20H31ClN2O3. The summed E-state index contributed by atoms with van der Waals surface area (Å²) in [6, 6.07) is 8.13. The topological polar surface area (TPSA) is 64.8 Å². The molecule has 1 amide bonds. The molecule has 2 N–H and O–H groups in total. The molecule has 3 rings (SSSR count). The van der Waals surface area contributed by atoms with Gasteiger partial charge in [0.1, 0.15) is 11.9 Å². The van der Waals surface area contributed by atoms with Crippen LogP contribution in [0.5, 0.6) is 5.75 Å². The second-order valence-electron chi connectivity index (χ2n) is 7.40. The van der Waals surface area contributed by atoms with Crippen molar-refractivity contribution in [3.63, 3.8) is 0 Å². The highest BCUT2D eigenvalue weighted by molar-refractivity contribution is 5.85. The molecule has 0 unspecified atom stereocenters. The van der Waals surface area contributed by atoms with Crippen LogP contribution < -0.4 is 10.5 Å². The molecule has 6 heteroatoms. The van der Waals surface area contributed by atoms with Crippen molar-refractivity contribution in [1.29, 1.82) is 0 Å². The molecule has 5 nitrogen and oxygen atoms in total. The average Bonchev–Trinajstić information content (AvgIpc) is 2.63. The van der Waals surface area contributed by atoms with Crippen molar-refractivity contribution in [3.8, 4) is 5.75 Å². The number of carbonyl (C=O) groups excluding carboxylic acids is 1. The molecule has 1 heterocycles. The summed E-state index contributed by atoms with van der Waals surface area (Å²) in [6.45, 7) is 3.61. The largest absolute Gasteiger partial charge is 0.490 e. The molecule has 1 saturated heterocycles. The van der Waals surface area contributed by atoms with E-state index >= 15 is 0 Å². The predicted molar refractivity (Wildman–Crippen MR) is 105 cm³/mol. The third kappa shape index (κ3) is 5.12. The van der Waals surface area contributed by atoms with E-state index in [0.717, 1.165) is 50.9 Å². The van der Waals surface area contributed by atoms with Gasteiger partial charge >= 0.3 is 0 Å². The fourth-order valence-corrected chi connectivity index (χ4v) is 3.96. The third-order valence-corrected chi connectivity index (χ3v) is 5.56. The Balaban J connectivity index is 0.00000243. The molecule has 0 spiro atoms. The van der Waals surface area contributed by atoms with E-state index < -0.39 is 0 Å². The molecule has 0 radical (unpaired) electrons. The molecule has 0 bridgehead atoms. The number of halogens is 1. The number of piperidine rings is 1. The first kappa shape index (κ1) is 21.0. The third-order valence-electron chi connectivity index (χ3n) is 5.56. The van der Waals surface area contributed by atoms with Crippen LogP contribution >= 0.6 is 12.4 Å². The number of carbonyl (C=O) groups is 1. The summed E-state index contributed by atoms with van der Waals surface area (Å²) < 4.78 is 11.4. The molecule has 26 heavy (non-hydrogen) atoms. The van der Waals surface area contributed by atoms with Gasteiger partial charge in [-0.3, -0.25) is 4.79 Å². The minimum absolute atomic E-state index is 0. The highest BCUT2D eigenvalue weighted by Gasteiger charge is 2.35. The van der Waals surface area contributed by atoms with E-state index in [-0.39, 0.29) is 42.5 Å². The number of rotatable bonds is 4. The van der Waals surface area contributed by atoms with E-state index in [0.29, 0.717) is 0 Å². The Morgan fingerprint density at radius 1 is 1.12 bits per heavy atom. The standard InChI is InChI=1S/C20H30N2O3.ClH/c1-14-3-6-16(7-4-14)25-17-9-11-22(12-10-17)20(23)15-5-8-19(24-2)18(21)13-15;/h3-4,6-7,15,17-19H,5,8-13,21H2,1-2H3;1H/t15-,18+,19+;/m0./s1. The van der Waals surface area contributed by atoms with Gasteiger partial charge in [-0.2, -0.15) is 0 Å². The zero-order chi connectivity index (χ0) is 17.8. The van der Waals surface area contributed by atoms with Crippen molar-refractivity contribution in [2.24, 2.45) is 11.7 Å². The summed E-state index contributed by atoms with van der Waals surface area (Å²) in [5, 5.41) is 0. The fraction of sp³-hybridized carbons (Fsp3) is 0.650. The maximum absolute atomic E-state index is 12.8. The Bertz CT molecular complexity index is 573. The van der Waals surface area contributed by atoms with Crippen LogP contribution in [-0.4, -0.2) is 49.3 Å². The van der Waals surface area contributed by atoms with E-state index in [1.54, 1.807) is 7.11 Å². The summed E-state index contributed by atoms with van der Waals surface area (Å²) in [4.78, 5) is 14.8. The van der Waals surface area contributed by atoms with Crippen LogP contribution in [0, 0.1) is 12.8 Å². The molecule has 1 aliphatic carbocycles. The van der Waals surface area contributed by atoms with Gasteiger partial charge in [0.25, 0.3) is 0 Å². The fourth-order valence-electron chi connectivity index (χ4n) is 3.96. The van der Waals surface area contributed by atoms with E-state index in [1.807, 2.05) is 17.0 Å². The molecule has 2 aliphatic rings. The van der Waals surface area contributed by atoms with Crippen LogP contribution in [0.25, 0.3) is 0 Å². The van der Waals surface area contributed by atoms with Gasteiger partial charge in [-0.15, -0.1) is 12.4 Å². The Morgan fingerprint density at radius 2 is 1.77 bits per heavy atom. The first-order valence-corrected chi connectivity index (χ1v) is 9.37. The van der Waals surface area contributed by atoms with Crippen LogP contribution in [0.2, 0.25) is 0 Å². The second kappa shape index (κ2) is 9.58. The normalized spacial score (nSPS) is 26.9.